The quantitative estimate of drug-likeness (QED) is 0.767. The highest BCUT2D eigenvalue weighted by molar-refractivity contribution is 9.10. The SMILES string of the molecule is CCCNCc1cccnc1N(C)Cc1ccc(Br)cc1. The first-order valence-electron chi connectivity index (χ1n) is 7.31. The van der Waals surface area contributed by atoms with Gasteiger partial charge in [-0.15, -0.1) is 0 Å². The van der Waals surface area contributed by atoms with Crippen LogP contribution in [-0.2, 0) is 13.1 Å². The molecule has 1 aromatic carbocycles. The normalized spacial score (nSPS) is 10.6. The van der Waals surface area contributed by atoms with Gasteiger partial charge in [0.2, 0.25) is 0 Å². The highest BCUT2D eigenvalue weighted by Crippen LogP contribution is 2.19. The first-order chi connectivity index (χ1) is 10.2. The van der Waals surface area contributed by atoms with Crippen LogP contribution in [0.25, 0.3) is 0 Å². The standard InChI is InChI=1S/C17H22BrN3/c1-3-10-19-12-15-5-4-11-20-17(15)21(2)13-14-6-8-16(18)9-7-14/h4-9,11,19H,3,10,12-13H2,1-2H3. The first-order valence-corrected chi connectivity index (χ1v) is 8.10. The summed E-state index contributed by atoms with van der Waals surface area (Å²) >= 11 is 3.47. The minimum Gasteiger partial charge on any atom is -0.355 e. The minimum absolute atomic E-state index is 0.852. The second kappa shape index (κ2) is 8.15. The van der Waals surface area contributed by atoms with Gasteiger partial charge in [0, 0.05) is 36.4 Å². The Morgan fingerprint density at radius 2 is 1.95 bits per heavy atom. The number of halogens is 1. The lowest BCUT2D eigenvalue weighted by Crippen LogP contribution is -2.22. The number of rotatable bonds is 7. The van der Waals surface area contributed by atoms with E-state index in [9.17, 15) is 0 Å². The molecule has 21 heavy (non-hydrogen) atoms. The monoisotopic (exact) mass is 347 g/mol. The van der Waals surface area contributed by atoms with E-state index in [1.807, 2.05) is 12.3 Å². The highest BCUT2D eigenvalue weighted by Gasteiger charge is 2.09. The van der Waals surface area contributed by atoms with Crippen LogP contribution in [0.1, 0.15) is 24.5 Å². The Labute approximate surface area is 135 Å². The molecule has 0 radical (unpaired) electrons. The fourth-order valence-electron chi connectivity index (χ4n) is 2.25. The van der Waals surface area contributed by atoms with E-state index >= 15 is 0 Å². The van der Waals surface area contributed by atoms with E-state index in [0.717, 1.165) is 36.3 Å². The molecule has 3 nitrogen and oxygen atoms in total. The molecular weight excluding hydrogens is 326 g/mol. The van der Waals surface area contributed by atoms with Crippen molar-refractivity contribution < 1.29 is 0 Å². The predicted octanol–water partition coefficient (Wildman–Crippen LogP) is 3.98. The molecule has 4 heteroatoms. The van der Waals surface area contributed by atoms with E-state index < -0.39 is 0 Å². The summed E-state index contributed by atoms with van der Waals surface area (Å²) in [7, 11) is 2.09. The van der Waals surface area contributed by atoms with Crippen LogP contribution < -0.4 is 10.2 Å². The number of nitrogens with zero attached hydrogens (tertiary/aromatic N) is 2. The fraction of sp³-hybridized carbons (Fsp3) is 0.353. The third-order valence-corrected chi connectivity index (χ3v) is 3.83. The number of pyridine rings is 1. The van der Waals surface area contributed by atoms with Crippen LogP contribution in [0.15, 0.2) is 47.1 Å². The lowest BCUT2D eigenvalue weighted by atomic mass is 10.2. The van der Waals surface area contributed by atoms with Crippen LogP contribution in [0, 0.1) is 0 Å². The molecule has 0 saturated heterocycles. The molecule has 0 unspecified atom stereocenters. The summed E-state index contributed by atoms with van der Waals surface area (Å²) in [6.07, 6.45) is 3.00. The van der Waals surface area contributed by atoms with Crippen LogP contribution in [0.4, 0.5) is 5.82 Å². The molecule has 0 aliphatic carbocycles. The summed E-state index contributed by atoms with van der Waals surface area (Å²) in [6.45, 7) is 4.92. The zero-order chi connectivity index (χ0) is 15.1. The molecule has 1 aromatic heterocycles. The van der Waals surface area contributed by atoms with Crippen molar-refractivity contribution in [3.63, 3.8) is 0 Å². The summed E-state index contributed by atoms with van der Waals surface area (Å²) in [6, 6.07) is 12.6. The molecule has 0 amide bonds. The molecule has 0 spiro atoms. The third-order valence-electron chi connectivity index (χ3n) is 3.30. The lowest BCUT2D eigenvalue weighted by Gasteiger charge is -2.21. The van der Waals surface area contributed by atoms with E-state index in [2.05, 4.69) is 75.4 Å². The fourth-order valence-corrected chi connectivity index (χ4v) is 2.51. The number of benzene rings is 1. The van der Waals surface area contributed by atoms with Crippen LogP contribution in [0.3, 0.4) is 0 Å². The van der Waals surface area contributed by atoms with E-state index in [4.69, 9.17) is 0 Å². The van der Waals surface area contributed by atoms with Crippen molar-refractivity contribution in [3.8, 4) is 0 Å². The van der Waals surface area contributed by atoms with Crippen LogP contribution in [-0.4, -0.2) is 18.6 Å². The molecule has 112 valence electrons. The second-order valence-electron chi connectivity index (χ2n) is 5.15. The zero-order valence-corrected chi connectivity index (χ0v) is 14.2. The summed E-state index contributed by atoms with van der Waals surface area (Å²) in [5.41, 5.74) is 2.52. The maximum Gasteiger partial charge on any atom is 0.133 e. The Morgan fingerprint density at radius 3 is 2.67 bits per heavy atom. The maximum absolute atomic E-state index is 4.55. The van der Waals surface area contributed by atoms with Crippen molar-refractivity contribution in [1.82, 2.24) is 10.3 Å². The predicted molar refractivity (Wildman–Crippen MR) is 92.5 cm³/mol. The second-order valence-corrected chi connectivity index (χ2v) is 6.06. The van der Waals surface area contributed by atoms with Gasteiger partial charge in [-0.1, -0.05) is 41.1 Å². The molecule has 2 rings (SSSR count). The van der Waals surface area contributed by atoms with Crippen molar-refractivity contribution in [3.05, 3.63) is 58.2 Å². The number of hydrogen-bond acceptors (Lipinski definition) is 3. The molecule has 0 atom stereocenters. The largest absolute Gasteiger partial charge is 0.355 e. The van der Waals surface area contributed by atoms with Crippen LogP contribution in [0.5, 0.6) is 0 Å². The lowest BCUT2D eigenvalue weighted by molar-refractivity contribution is 0.671. The summed E-state index contributed by atoms with van der Waals surface area (Å²) in [5.74, 6) is 1.05. The van der Waals surface area contributed by atoms with Gasteiger partial charge in [0.25, 0.3) is 0 Å². The summed E-state index contributed by atoms with van der Waals surface area (Å²) in [4.78, 5) is 6.75. The summed E-state index contributed by atoms with van der Waals surface area (Å²) < 4.78 is 1.11. The van der Waals surface area contributed by atoms with Gasteiger partial charge in [-0.2, -0.15) is 0 Å². The van der Waals surface area contributed by atoms with E-state index in [1.54, 1.807) is 0 Å². The average Bonchev–Trinajstić information content (AvgIpc) is 2.50. The zero-order valence-electron chi connectivity index (χ0n) is 12.6. The Hall–Kier alpha value is -1.39. The van der Waals surface area contributed by atoms with Gasteiger partial charge in [0.1, 0.15) is 5.82 Å². The topological polar surface area (TPSA) is 28.2 Å². The van der Waals surface area contributed by atoms with Crippen molar-refractivity contribution in [2.24, 2.45) is 0 Å². The van der Waals surface area contributed by atoms with Crippen LogP contribution in [0.2, 0.25) is 0 Å². The maximum atomic E-state index is 4.55. The van der Waals surface area contributed by atoms with Crippen molar-refractivity contribution in [1.29, 1.82) is 0 Å². The Bertz CT molecular complexity index is 554. The molecule has 0 aliphatic heterocycles. The highest BCUT2D eigenvalue weighted by atomic mass is 79.9. The van der Waals surface area contributed by atoms with E-state index in [0.29, 0.717) is 0 Å². The number of aromatic nitrogens is 1. The Morgan fingerprint density at radius 1 is 1.19 bits per heavy atom. The molecule has 0 saturated carbocycles. The van der Waals surface area contributed by atoms with Gasteiger partial charge in [0.15, 0.2) is 0 Å². The van der Waals surface area contributed by atoms with E-state index in [1.165, 1.54) is 11.1 Å². The van der Waals surface area contributed by atoms with Gasteiger partial charge < -0.3 is 10.2 Å². The number of hydrogen-bond donors (Lipinski definition) is 1. The average molecular weight is 348 g/mol. The molecule has 1 N–H and O–H groups in total. The van der Waals surface area contributed by atoms with Gasteiger partial charge >= 0.3 is 0 Å². The summed E-state index contributed by atoms with van der Waals surface area (Å²) in [5, 5.41) is 3.45. The van der Waals surface area contributed by atoms with Gasteiger partial charge in [-0.3, -0.25) is 0 Å². The molecule has 2 aromatic rings. The minimum atomic E-state index is 0.852. The molecular formula is C17H22BrN3. The molecule has 1 heterocycles. The first kappa shape index (κ1) is 16.0. The van der Waals surface area contributed by atoms with Gasteiger partial charge in [-0.25, -0.2) is 4.98 Å². The van der Waals surface area contributed by atoms with Gasteiger partial charge in [-0.05, 0) is 36.7 Å². The third kappa shape index (κ3) is 4.83. The van der Waals surface area contributed by atoms with E-state index in [-0.39, 0.29) is 0 Å². The smallest absolute Gasteiger partial charge is 0.133 e. The Kier molecular flexibility index (Phi) is 6.21. The van der Waals surface area contributed by atoms with Crippen LogP contribution >= 0.6 is 15.9 Å². The van der Waals surface area contributed by atoms with Gasteiger partial charge in [0.05, 0.1) is 0 Å². The Balaban J connectivity index is 2.07. The van der Waals surface area contributed by atoms with Crippen molar-refractivity contribution in [2.75, 3.05) is 18.5 Å². The molecule has 0 fully saturated rings. The van der Waals surface area contributed by atoms with Crippen molar-refractivity contribution in [2.45, 2.75) is 26.4 Å². The number of nitrogens with one attached hydrogen (secondary N) is 1. The van der Waals surface area contributed by atoms with Crippen molar-refractivity contribution >= 4 is 21.7 Å². The molecule has 0 bridgehead atoms. The number of anilines is 1. The molecule has 0 aliphatic rings.